The van der Waals surface area contributed by atoms with E-state index in [1.54, 1.807) is 0 Å². The van der Waals surface area contributed by atoms with Crippen molar-refractivity contribution in [3.05, 3.63) is 0 Å². The van der Waals surface area contributed by atoms with Crippen molar-refractivity contribution >= 4 is 29.0 Å². The molecule has 0 bridgehead atoms. The molecule has 2 nitrogen and oxygen atoms in total. The Bertz CT molecular complexity index is 189. The normalized spacial score (nSPS) is 19.3. The van der Waals surface area contributed by atoms with Gasteiger partial charge >= 0.3 is 0 Å². The molecule has 0 aromatic carbocycles. The first kappa shape index (κ1) is 13.3. The number of hydrogen-bond acceptors (Lipinski definition) is 3. The van der Waals surface area contributed by atoms with Crippen LogP contribution in [0.2, 0.25) is 0 Å². The molecule has 15 heavy (non-hydrogen) atoms. The van der Waals surface area contributed by atoms with Gasteiger partial charge < -0.3 is 10.6 Å². The van der Waals surface area contributed by atoms with Gasteiger partial charge in [-0.3, -0.25) is 0 Å². The summed E-state index contributed by atoms with van der Waals surface area (Å²) in [5, 5.41) is 0. The quantitative estimate of drug-likeness (QED) is 0.574. The summed E-state index contributed by atoms with van der Waals surface area (Å²) in [6, 6.07) is 0. The van der Waals surface area contributed by atoms with E-state index in [2.05, 4.69) is 11.8 Å². The Balaban J connectivity index is 2.07. The zero-order valence-electron chi connectivity index (χ0n) is 9.58. The number of thioether (sulfide) groups is 1. The van der Waals surface area contributed by atoms with E-state index in [0.29, 0.717) is 5.92 Å². The van der Waals surface area contributed by atoms with Crippen molar-refractivity contribution in [1.29, 1.82) is 0 Å². The lowest BCUT2D eigenvalue weighted by Gasteiger charge is -2.31. The first-order chi connectivity index (χ1) is 7.24. The van der Waals surface area contributed by atoms with Crippen LogP contribution in [0.15, 0.2) is 0 Å². The summed E-state index contributed by atoms with van der Waals surface area (Å²) in [5.74, 6) is 3.04. The lowest BCUT2D eigenvalue weighted by molar-refractivity contribution is 0.211. The van der Waals surface area contributed by atoms with Crippen LogP contribution < -0.4 is 5.73 Å². The van der Waals surface area contributed by atoms with E-state index < -0.39 is 0 Å². The van der Waals surface area contributed by atoms with Crippen LogP contribution >= 0.6 is 24.0 Å². The Morgan fingerprint density at radius 2 is 2.13 bits per heavy atom. The Hall–Kier alpha value is 0.200. The molecule has 88 valence electrons. The molecule has 2 N–H and O–H groups in total. The predicted octanol–water partition coefficient (Wildman–Crippen LogP) is 2.13. The van der Waals surface area contributed by atoms with Gasteiger partial charge in [0.1, 0.15) is 0 Å². The van der Waals surface area contributed by atoms with Crippen molar-refractivity contribution in [3.63, 3.8) is 0 Å². The van der Waals surface area contributed by atoms with Crippen molar-refractivity contribution in [2.24, 2.45) is 11.7 Å². The molecule has 1 fully saturated rings. The van der Waals surface area contributed by atoms with Gasteiger partial charge in [-0.25, -0.2) is 0 Å². The van der Waals surface area contributed by atoms with E-state index in [9.17, 15) is 0 Å². The van der Waals surface area contributed by atoms with Gasteiger partial charge in [-0.1, -0.05) is 19.1 Å². The minimum absolute atomic E-state index is 0.501. The largest absolute Gasteiger partial charge is 0.393 e. The minimum atomic E-state index is 0.501. The van der Waals surface area contributed by atoms with E-state index in [1.807, 2.05) is 11.8 Å². The van der Waals surface area contributed by atoms with Crippen LogP contribution in [0.5, 0.6) is 0 Å². The molecule has 0 spiro atoms. The number of rotatable bonds is 6. The summed E-state index contributed by atoms with van der Waals surface area (Å²) in [6.07, 6.45) is 3.64. The van der Waals surface area contributed by atoms with E-state index in [0.717, 1.165) is 17.8 Å². The number of nitrogens with zero attached hydrogens (tertiary/aromatic N) is 1. The highest BCUT2D eigenvalue weighted by atomic mass is 32.2. The Labute approximate surface area is 103 Å². The summed E-state index contributed by atoms with van der Waals surface area (Å²) in [5.41, 5.74) is 5.66. The van der Waals surface area contributed by atoms with E-state index in [4.69, 9.17) is 18.0 Å². The molecule has 1 aliphatic rings. The second-order valence-electron chi connectivity index (χ2n) is 4.07. The van der Waals surface area contributed by atoms with Gasteiger partial charge in [-0.2, -0.15) is 11.8 Å². The second kappa shape index (κ2) is 7.47. The molecule has 0 saturated carbocycles. The summed E-state index contributed by atoms with van der Waals surface area (Å²) < 4.78 is 0. The van der Waals surface area contributed by atoms with Gasteiger partial charge in [0.15, 0.2) is 0 Å². The third kappa shape index (κ3) is 5.18. The lowest BCUT2D eigenvalue weighted by Crippen LogP contribution is -2.38. The molecular weight excluding hydrogens is 224 g/mol. The lowest BCUT2D eigenvalue weighted by atomic mass is 9.97. The maximum atomic E-state index is 5.66. The summed E-state index contributed by atoms with van der Waals surface area (Å²) in [4.78, 5) is 3.27. The number of likely N-dealkylation sites (tertiary alicyclic amines) is 1. The van der Waals surface area contributed by atoms with Gasteiger partial charge in [-0.05, 0) is 50.4 Å². The van der Waals surface area contributed by atoms with Gasteiger partial charge in [0.05, 0.1) is 4.99 Å². The van der Waals surface area contributed by atoms with Crippen molar-refractivity contribution in [3.8, 4) is 0 Å². The van der Waals surface area contributed by atoms with Crippen molar-refractivity contribution in [1.82, 2.24) is 4.90 Å². The van der Waals surface area contributed by atoms with Gasteiger partial charge in [0, 0.05) is 5.92 Å². The van der Waals surface area contributed by atoms with Crippen molar-refractivity contribution in [2.75, 3.05) is 31.1 Å². The fourth-order valence-corrected chi connectivity index (χ4v) is 2.83. The third-order valence-electron chi connectivity index (χ3n) is 2.96. The number of thiocarbonyl (C=S) groups is 1. The summed E-state index contributed by atoms with van der Waals surface area (Å²) in [6.45, 7) is 5.83. The third-order valence-corrected chi connectivity index (χ3v) is 4.28. The van der Waals surface area contributed by atoms with Crippen LogP contribution in [0.25, 0.3) is 0 Å². The van der Waals surface area contributed by atoms with Crippen molar-refractivity contribution in [2.45, 2.75) is 26.2 Å². The molecule has 1 aliphatic heterocycles. The number of nitrogens with two attached hydrogens (primary N) is 1. The molecular formula is C11H22N2S2. The monoisotopic (exact) mass is 246 g/mol. The van der Waals surface area contributed by atoms with Gasteiger partial charge in [0.25, 0.3) is 0 Å². The van der Waals surface area contributed by atoms with Crippen LogP contribution in [-0.4, -0.2) is 41.0 Å². The molecule has 1 saturated heterocycles. The molecule has 1 rings (SSSR count). The number of piperidine rings is 1. The molecule has 0 radical (unpaired) electrons. The summed E-state index contributed by atoms with van der Waals surface area (Å²) in [7, 11) is 0. The summed E-state index contributed by atoms with van der Waals surface area (Å²) >= 11 is 7.07. The van der Waals surface area contributed by atoms with E-state index in [-0.39, 0.29) is 0 Å². The maximum Gasteiger partial charge on any atom is 0.0759 e. The molecule has 0 unspecified atom stereocenters. The highest BCUT2D eigenvalue weighted by Crippen LogP contribution is 2.17. The first-order valence-corrected chi connectivity index (χ1v) is 7.39. The molecule has 1 heterocycles. The molecule has 4 heteroatoms. The molecule has 0 aromatic heterocycles. The molecule has 0 amide bonds. The molecule has 0 aliphatic carbocycles. The van der Waals surface area contributed by atoms with Crippen LogP contribution in [0.3, 0.4) is 0 Å². The predicted molar refractivity (Wildman–Crippen MR) is 73.6 cm³/mol. The topological polar surface area (TPSA) is 29.3 Å². The zero-order valence-corrected chi connectivity index (χ0v) is 11.2. The second-order valence-corrected chi connectivity index (χ2v) is 5.93. The molecule has 0 aromatic rings. The van der Waals surface area contributed by atoms with E-state index in [1.165, 1.54) is 37.6 Å². The zero-order chi connectivity index (χ0) is 11.1. The van der Waals surface area contributed by atoms with E-state index >= 15 is 0 Å². The van der Waals surface area contributed by atoms with Crippen LogP contribution in [0, 0.1) is 5.92 Å². The fourth-order valence-electron chi connectivity index (χ4n) is 1.98. The average Bonchev–Trinajstić information content (AvgIpc) is 2.25. The SMILES string of the molecule is CCSCCCN1CCC(C(N)=S)CC1. The van der Waals surface area contributed by atoms with Crippen LogP contribution in [0.4, 0.5) is 0 Å². The smallest absolute Gasteiger partial charge is 0.0759 e. The Kier molecular flexibility index (Phi) is 6.61. The average molecular weight is 246 g/mol. The van der Waals surface area contributed by atoms with Gasteiger partial charge in [-0.15, -0.1) is 0 Å². The highest BCUT2D eigenvalue weighted by Gasteiger charge is 2.20. The first-order valence-electron chi connectivity index (χ1n) is 5.83. The highest BCUT2D eigenvalue weighted by molar-refractivity contribution is 7.99. The number of hydrogen-bond donors (Lipinski definition) is 1. The maximum absolute atomic E-state index is 5.66. The van der Waals surface area contributed by atoms with Crippen LogP contribution in [-0.2, 0) is 0 Å². The van der Waals surface area contributed by atoms with Crippen LogP contribution in [0.1, 0.15) is 26.2 Å². The minimum Gasteiger partial charge on any atom is -0.393 e. The Morgan fingerprint density at radius 3 is 2.67 bits per heavy atom. The van der Waals surface area contributed by atoms with Crippen molar-refractivity contribution < 1.29 is 0 Å². The molecule has 0 atom stereocenters. The standard InChI is InChI=1S/C11H22N2S2/c1-2-15-9-3-6-13-7-4-10(5-8-13)11(12)14/h10H,2-9H2,1H3,(H2,12,14). The Morgan fingerprint density at radius 1 is 1.47 bits per heavy atom. The van der Waals surface area contributed by atoms with Gasteiger partial charge in [0.2, 0.25) is 0 Å². The fraction of sp³-hybridized carbons (Fsp3) is 0.909.